The maximum Gasteiger partial charge on any atom is 0.414 e. The first-order valence-electron chi connectivity index (χ1n) is 7.39. The second kappa shape index (κ2) is 8.03. The van der Waals surface area contributed by atoms with Crippen molar-refractivity contribution in [3.05, 3.63) is 72.3 Å². The van der Waals surface area contributed by atoms with Crippen LogP contribution < -0.4 is 9.64 Å². The minimum Gasteiger partial charge on any atom is -0.489 e. The van der Waals surface area contributed by atoms with E-state index in [0.717, 1.165) is 17.0 Å². The van der Waals surface area contributed by atoms with Crippen LogP contribution in [0.3, 0.4) is 0 Å². The maximum absolute atomic E-state index is 12.0. The lowest BCUT2D eigenvalue weighted by Gasteiger charge is -2.22. The fourth-order valence-corrected chi connectivity index (χ4v) is 2.20. The number of amides is 1. The zero-order valence-electron chi connectivity index (χ0n) is 13.5. The summed E-state index contributed by atoms with van der Waals surface area (Å²) in [5.41, 5.74) is 2.84. The molecule has 2 aromatic carbocycles. The predicted molar refractivity (Wildman–Crippen MR) is 91.9 cm³/mol. The summed E-state index contributed by atoms with van der Waals surface area (Å²) < 4.78 is 10.7. The van der Waals surface area contributed by atoms with E-state index < -0.39 is 6.09 Å². The van der Waals surface area contributed by atoms with Gasteiger partial charge in [-0.3, -0.25) is 4.90 Å². The van der Waals surface area contributed by atoms with Crippen molar-refractivity contribution in [2.75, 3.05) is 18.6 Å². The van der Waals surface area contributed by atoms with Crippen molar-refractivity contribution in [3.63, 3.8) is 0 Å². The molecule has 0 aliphatic rings. The Hall–Kier alpha value is -2.75. The summed E-state index contributed by atoms with van der Waals surface area (Å²) >= 11 is 0. The number of hydrogen-bond donors (Lipinski definition) is 0. The monoisotopic (exact) mass is 311 g/mol. The molecule has 0 atom stereocenters. The largest absolute Gasteiger partial charge is 0.489 e. The Morgan fingerprint density at radius 2 is 1.87 bits per heavy atom. The van der Waals surface area contributed by atoms with Gasteiger partial charge in [0.15, 0.2) is 0 Å². The Labute approximate surface area is 137 Å². The molecule has 0 saturated carbocycles. The number of benzene rings is 2. The number of carbonyl (C=O) groups excluding carboxylic acids is 1. The fourth-order valence-electron chi connectivity index (χ4n) is 2.20. The zero-order valence-corrected chi connectivity index (χ0v) is 13.5. The topological polar surface area (TPSA) is 38.8 Å². The molecule has 0 N–H and O–H groups in total. The van der Waals surface area contributed by atoms with E-state index in [1.165, 1.54) is 17.6 Å². The van der Waals surface area contributed by atoms with Gasteiger partial charge in [-0.15, -0.1) is 6.58 Å². The van der Waals surface area contributed by atoms with Crippen LogP contribution in [-0.2, 0) is 11.3 Å². The highest BCUT2D eigenvalue weighted by atomic mass is 16.5. The van der Waals surface area contributed by atoms with Gasteiger partial charge in [0, 0.05) is 12.1 Å². The number of rotatable bonds is 6. The molecule has 120 valence electrons. The average molecular weight is 311 g/mol. The van der Waals surface area contributed by atoms with Crippen LogP contribution in [0.1, 0.15) is 11.1 Å². The molecule has 0 saturated heterocycles. The minimum atomic E-state index is -0.423. The Morgan fingerprint density at radius 1 is 1.17 bits per heavy atom. The van der Waals surface area contributed by atoms with E-state index in [2.05, 4.69) is 6.58 Å². The number of hydrogen-bond acceptors (Lipinski definition) is 3. The number of methoxy groups -OCH3 is 1. The number of nitrogens with zero attached hydrogens (tertiary/aromatic N) is 1. The normalized spacial score (nSPS) is 10.0. The predicted octanol–water partition coefficient (Wildman–Crippen LogP) is 4.33. The Bertz CT molecular complexity index is 665. The van der Waals surface area contributed by atoms with Crippen molar-refractivity contribution >= 4 is 11.8 Å². The van der Waals surface area contributed by atoms with Crippen molar-refractivity contribution in [1.82, 2.24) is 0 Å². The number of ether oxygens (including phenoxy) is 2. The molecule has 23 heavy (non-hydrogen) atoms. The van der Waals surface area contributed by atoms with Crippen LogP contribution in [0.2, 0.25) is 0 Å². The van der Waals surface area contributed by atoms with Crippen molar-refractivity contribution < 1.29 is 14.3 Å². The SMILES string of the molecule is C=CCN(C(=O)OC)c1ccccc1COc1ccc(C)cc1. The number of anilines is 1. The second-order valence-corrected chi connectivity index (χ2v) is 5.10. The first kappa shape index (κ1) is 16.6. The van der Waals surface area contributed by atoms with E-state index >= 15 is 0 Å². The Kier molecular flexibility index (Phi) is 5.80. The lowest BCUT2D eigenvalue weighted by atomic mass is 10.1. The molecule has 0 aromatic heterocycles. The summed E-state index contributed by atoms with van der Waals surface area (Å²) in [6.45, 7) is 6.46. The summed E-state index contributed by atoms with van der Waals surface area (Å²) in [7, 11) is 1.36. The molecule has 2 aromatic rings. The third kappa shape index (κ3) is 4.36. The molecule has 4 heteroatoms. The molecule has 4 nitrogen and oxygen atoms in total. The first-order chi connectivity index (χ1) is 11.2. The maximum atomic E-state index is 12.0. The average Bonchev–Trinajstić information content (AvgIpc) is 2.59. The molecule has 1 amide bonds. The van der Waals surface area contributed by atoms with E-state index in [9.17, 15) is 4.79 Å². The van der Waals surface area contributed by atoms with Crippen molar-refractivity contribution in [3.8, 4) is 5.75 Å². The highest BCUT2D eigenvalue weighted by Crippen LogP contribution is 2.23. The van der Waals surface area contributed by atoms with Crippen LogP contribution in [0.4, 0.5) is 10.5 Å². The molecular formula is C19H21NO3. The van der Waals surface area contributed by atoms with E-state index in [-0.39, 0.29) is 0 Å². The fraction of sp³-hybridized carbons (Fsp3) is 0.211. The highest BCUT2D eigenvalue weighted by Gasteiger charge is 2.17. The zero-order chi connectivity index (χ0) is 16.7. The lowest BCUT2D eigenvalue weighted by Crippen LogP contribution is -2.31. The molecule has 2 rings (SSSR count). The van der Waals surface area contributed by atoms with Crippen LogP contribution in [0.5, 0.6) is 5.75 Å². The molecule has 0 heterocycles. The molecule has 0 aliphatic heterocycles. The third-order valence-electron chi connectivity index (χ3n) is 3.40. The van der Waals surface area contributed by atoms with Gasteiger partial charge < -0.3 is 9.47 Å². The molecule has 0 fully saturated rings. The number of carbonyl (C=O) groups is 1. The summed E-state index contributed by atoms with van der Waals surface area (Å²) in [6, 6.07) is 15.5. The van der Waals surface area contributed by atoms with E-state index in [1.807, 2.05) is 55.5 Å². The van der Waals surface area contributed by atoms with Gasteiger partial charge in [-0.1, -0.05) is 42.0 Å². The van der Waals surface area contributed by atoms with Gasteiger partial charge in [-0.25, -0.2) is 4.79 Å². The molecule has 0 unspecified atom stereocenters. The number of para-hydroxylation sites is 1. The van der Waals surface area contributed by atoms with Crippen LogP contribution in [0.25, 0.3) is 0 Å². The van der Waals surface area contributed by atoms with Gasteiger partial charge >= 0.3 is 6.09 Å². The summed E-state index contributed by atoms with van der Waals surface area (Å²) in [5.74, 6) is 0.791. The Balaban J connectivity index is 2.20. The van der Waals surface area contributed by atoms with Gasteiger partial charge in [-0.2, -0.15) is 0 Å². The van der Waals surface area contributed by atoms with Gasteiger partial charge in [0.2, 0.25) is 0 Å². The molecule has 0 radical (unpaired) electrons. The van der Waals surface area contributed by atoms with Crippen molar-refractivity contribution in [2.45, 2.75) is 13.5 Å². The highest BCUT2D eigenvalue weighted by molar-refractivity contribution is 5.88. The van der Waals surface area contributed by atoms with E-state index in [0.29, 0.717) is 13.2 Å². The quantitative estimate of drug-likeness (QED) is 0.745. The van der Waals surface area contributed by atoms with Crippen LogP contribution in [0.15, 0.2) is 61.2 Å². The molecule has 0 spiro atoms. The standard InChI is InChI=1S/C19H21NO3/c1-4-13-20(19(21)22-3)18-8-6-5-7-16(18)14-23-17-11-9-15(2)10-12-17/h4-12H,1,13-14H2,2-3H3. The molecular weight excluding hydrogens is 290 g/mol. The molecule has 0 bridgehead atoms. The Morgan fingerprint density at radius 3 is 2.52 bits per heavy atom. The van der Waals surface area contributed by atoms with Gasteiger partial charge in [0.05, 0.1) is 12.8 Å². The van der Waals surface area contributed by atoms with Crippen molar-refractivity contribution in [1.29, 1.82) is 0 Å². The van der Waals surface area contributed by atoms with E-state index in [1.54, 1.807) is 6.08 Å². The first-order valence-corrected chi connectivity index (χ1v) is 7.39. The van der Waals surface area contributed by atoms with Crippen LogP contribution in [-0.4, -0.2) is 19.7 Å². The van der Waals surface area contributed by atoms with Crippen LogP contribution in [0, 0.1) is 6.92 Å². The summed E-state index contributed by atoms with van der Waals surface area (Å²) in [6.07, 6.45) is 1.24. The minimum absolute atomic E-state index is 0.365. The van der Waals surface area contributed by atoms with E-state index in [4.69, 9.17) is 9.47 Å². The second-order valence-electron chi connectivity index (χ2n) is 5.10. The smallest absolute Gasteiger partial charge is 0.414 e. The summed E-state index contributed by atoms with van der Waals surface area (Å²) in [4.78, 5) is 13.5. The third-order valence-corrected chi connectivity index (χ3v) is 3.40. The number of aryl methyl sites for hydroxylation is 1. The van der Waals surface area contributed by atoms with Gasteiger partial charge in [0.1, 0.15) is 12.4 Å². The van der Waals surface area contributed by atoms with Crippen molar-refractivity contribution in [2.24, 2.45) is 0 Å². The van der Waals surface area contributed by atoms with Gasteiger partial charge in [0.25, 0.3) is 0 Å². The summed E-state index contributed by atoms with van der Waals surface area (Å²) in [5, 5.41) is 0. The van der Waals surface area contributed by atoms with Crippen LogP contribution >= 0.6 is 0 Å². The molecule has 0 aliphatic carbocycles. The lowest BCUT2D eigenvalue weighted by molar-refractivity contribution is 0.179. The van der Waals surface area contributed by atoms with Gasteiger partial charge in [-0.05, 0) is 25.1 Å².